The van der Waals surface area contributed by atoms with E-state index < -0.39 is 0 Å². The van der Waals surface area contributed by atoms with E-state index in [1.54, 1.807) is 11.3 Å². The van der Waals surface area contributed by atoms with E-state index in [-0.39, 0.29) is 12.4 Å². The third-order valence-corrected chi connectivity index (χ3v) is 4.82. The van der Waals surface area contributed by atoms with Gasteiger partial charge in [-0.15, -0.1) is 11.3 Å². The third kappa shape index (κ3) is 6.81. The molecular formula is C8H6BrClS2Zn. The molecule has 0 amide bonds. The summed E-state index contributed by atoms with van der Waals surface area (Å²) in [6.45, 7) is 0. The minimum absolute atomic E-state index is 0. The first kappa shape index (κ1) is 13.8. The molecule has 0 saturated carbocycles. The van der Waals surface area contributed by atoms with Crippen LogP contribution in [0, 0.1) is 0 Å². The van der Waals surface area contributed by atoms with Gasteiger partial charge in [0.1, 0.15) is 0 Å². The second kappa shape index (κ2) is 8.13. The number of halogens is 2. The van der Waals surface area contributed by atoms with Crippen molar-refractivity contribution < 1.29 is 30.7 Å². The van der Waals surface area contributed by atoms with E-state index in [0.717, 1.165) is 0 Å². The molecule has 66 valence electrons. The van der Waals surface area contributed by atoms with E-state index >= 15 is 0 Å². The van der Waals surface area contributed by atoms with Gasteiger partial charge in [-0.05, 0) is 27.4 Å². The van der Waals surface area contributed by atoms with Gasteiger partial charge in [0, 0.05) is 0 Å². The summed E-state index contributed by atoms with van der Waals surface area (Å²) in [7, 11) is 0. The maximum atomic E-state index is 3.30. The van der Waals surface area contributed by atoms with Crippen molar-refractivity contribution in [3.63, 3.8) is 0 Å². The second-order valence-electron chi connectivity index (χ2n) is 2.00. The second-order valence-corrected chi connectivity index (χ2v) is 8.03. The summed E-state index contributed by atoms with van der Waals surface area (Å²) in [5.74, 6) is 0. The molecule has 2 aromatic rings. The normalized spacial score (nSPS) is 8.23. The standard InChI is InChI=1S/C4H3BrS.C4H3S.ClH.Zn/c5-4-2-1-3-6-4;1-2-4-5-3-1;;/h1-3H;1-3H;1H;/q;;;+1/p-1. The topological polar surface area (TPSA) is 0 Å². The van der Waals surface area contributed by atoms with Gasteiger partial charge in [-0.2, -0.15) is 0 Å². The number of hydrogen-bond donors (Lipinski definition) is 0. The van der Waals surface area contributed by atoms with Crippen LogP contribution in [0.5, 0.6) is 0 Å². The van der Waals surface area contributed by atoms with E-state index in [1.165, 1.54) is 25.6 Å². The van der Waals surface area contributed by atoms with Gasteiger partial charge in [-0.1, -0.05) is 6.07 Å². The van der Waals surface area contributed by atoms with Gasteiger partial charge in [0.05, 0.1) is 3.79 Å². The summed E-state index contributed by atoms with van der Waals surface area (Å²) in [5, 5.41) is 4.14. The van der Waals surface area contributed by atoms with Crippen molar-refractivity contribution in [3.05, 3.63) is 38.8 Å². The summed E-state index contributed by atoms with van der Waals surface area (Å²) in [5.41, 5.74) is 0. The van der Waals surface area contributed by atoms with Gasteiger partial charge in [0.15, 0.2) is 0 Å². The van der Waals surface area contributed by atoms with Crippen molar-refractivity contribution in [2.75, 3.05) is 0 Å². The first-order valence-corrected chi connectivity index (χ1v) is 7.37. The molecule has 0 aliphatic heterocycles. The zero-order chi connectivity index (χ0) is 8.81. The first-order chi connectivity index (χ1) is 5.79. The third-order valence-electron chi connectivity index (χ3n) is 1.07. The summed E-state index contributed by atoms with van der Waals surface area (Å²) in [6.07, 6.45) is 0. The van der Waals surface area contributed by atoms with Crippen LogP contribution in [0.1, 0.15) is 0 Å². The quantitative estimate of drug-likeness (QED) is 0.607. The Morgan fingerprint density at radius 3 is 1.85 bits per heavy atom. The van der Waals surface area contributed by atoms with Crippen LogP contribution in [0.25, 0.3) is 0 Å². The van der Waals surface area contributed by atoms with Crippen molar-refractivity contribution in [1.82, 2.24) is 0 Å². The molecule has 0 spiro atoms. The van der Waals surface area contributed by atoms with Crippen LogP contribution < -0.4 is 15.9 Å². The molecule has 0 saturated heterocycles. The Kier molecular flexibility index (Phi) is 8.63. The zero-order valence-electron chi connectivity index (χ0n) is 6.74. The van der Waals surface area contributed by atoms with Crippen LogP contribution in [0.3, 0.4) is 0 Å². The van der Waals surface area contributed by atoms with Crippen LogP contribution >= 0.6 is 38.6 Å². The van der Waals surface area contributed by atoms with E-state index in [1.807, 2.05) is 28.8 Å². The molecule has 0 atom stereocenters. The van der Waals surface area contributed by atoms with Crippen molar-refractivity contribution in [3.8, 4) is 0 Å². The molecular weight excluding hydrogens is 341 g/mol. The summed E-state index contributed by atoms with van der Waals surface area (Å²) < 4.78 is 2.71. The van der Waals surface area contributed by atoms with Crippen LogP contribution in [0.4, 0.5) is 0 Å². The predicted octanol–water partition coefficient (Wildman–Crippen LogP) is 0.435. The average molecular weight is 347 g/mol. The van der Waals surface area contributed by atoms with Gasteiger partial charge in [-0.25, -0.2) is 0 Å². The summed E-state index contributed by atoms with van der Waals surface area (Å²) in [4.78, 5) is 0. The van der Waals surface area contributed by atoms with Crippen LogP contribution in [0.2, 0.25) is 0 Å². The summed E-state index contributed by atoms with van der Waals surface area (Å²) >= 11 is 8.13. The monoisotopic (exact) mass is 344 g/mol. The van der Waals surface area contributed by atoms with Crippen LogP contribution in [0.15, 0.2) is 38.8 Å². The SMILES string of the molecule is Brc1cccs1.[Cl-].[Zn+][c]1cccs1. The van der Waals surface area contributed by atoms with Crippen molar-refractivity contribution in [2.24, 2.45) is 0 Å². The fraction of sp³-hybridized carbons (Fsp3) is 0. The molecule has 0 bridgehead atoms. The molecule has 0 radical (unpaired) electrons. The number of rotatable bonds is 0. The molecule has 0 fully saturated rings. The van der Waals surface area contributed by atoms with Gasteiger partial charge in [-0.3, -0.25) is 0 Å². The summed E-state index contributed by atoms with van der Waals surface area (Å²) in [6, 6.07) is 8.27. The Morgan fingerprint density at radius 1 is 1.08 bits per heavy atom. The Labute approximate surface area is 111 Å². The van der Waals surface area contributed by atoms with E-state index in [0.29, 0.717) is 0 Å². The fourth-order valence-corrected chi connectivity index (χ4v) is 2.87. The van der Waals surface area contributed by atoms with E-state index in [2.05, 4.69) is 33.4 Å². The van der Waals surface area contributed by atoms with Crippen LogP contribution in [-0.2, 0) is 18.3 Å². The average Bonchev–Trinajstić information content (AvgIpc) is 2.63. The van der Waals surface area contributed by atoms with Gasteiger partial charge in [0.2, 0.25) is 0 Å². The molecule has 0 aromatic carbocycles. The zero-order valence-corrected chi connectivity index (χ0v) is 13.7. The molecule has 0 aliphatic rings. The van der Waals surface area contributed by atoms with Crippen molar-refractivity contribution >= 4 is 42.1 Å². The molecule has 0 unspecified atom stereocenters. The van der Waals surface area contributed by atoms with Gasteiger partial charge in [0.25, 0.3) is 0 Å². The number of hydrogen-bond acceptors (Lipinski definition) is 2. The molecule has 2 heterocycles. The minimum atomic E-state index is 0. The fourth-order valence-electron chi connectivity index (χ4n) is 0.571. The Bertz CT molecular complexity index is 262. The molecule has 13 heavy (non-hydrogen) atoms. The maximum absolute atomic E-state index is 3.30. The molecule has 2 aromatic heterocycles. The molecule has 2 rings (SSSR count). The Balaban J connectivity index is 0.000000206. The number of thiophene rings is 2. The Morgan fingerprint density at radius 2 is 1.69 bits per heavy atom. The predicted molar refractivity (Wildman–Crippen MR) is 56.0 cm³/mol. The van der Waals surface area contributed by atoms with E-state index in [9.17, 15) is 0 Å². The molecule has 0 N–H and O–H groups in total. The molecule has 0 aliphatic carbocycles. The molecule has 0 nitrogen and oxygen atoms in total. The van der Waals surface area contributed by atoms with Gasteiger partial charge < -0.3 is 12.4 Å². The molecule has 5 heteroatoms. The van der Waals surface area contributed by atoms with Gasteiger partial charge >= 0.3 is 50.6 Å². The van der Waals surface area contributed by atoms with Crippen LogP contribution in [-0.4, -0.2) is 0 Å². The Hall–Kier alpha value is 0.793. The first-order valence-electron chi connectivity index (χ1n) is 3.33. The van der Waals surface area contributed by atoms with Crippen molar-refractivity contribution in [2.45, 2.75) is 0 Å². The van der Waals surface area contributed by atoms with Crippen molar-refractivity contribution in [1.29, 1.82) is 0 Å². The van der Waals surface area contributed by atoms with E-state index in [4.69, 9.17) is 0 Å².